The smallest absolute Gasteiger partial charge is 0.241 e. The Bertz CT molecular complexity index is 1410. The van der Waals surface area contributed by atoms with Crippen molar-refractivity contribution >= 4 is 33.8 Å². The van der Waals surface area contributed by atoms with Crippen LogP contribution in [0.2, 0.25) is 5.02 Å². The van der Waals surface area contributed by atoms with E-state index in [9.17, 15) is 4.39 Å². The predicted molar refractivity (Wildman–Crippen MR) is 112 cm³/mol. The number of imidazole rings is 1. The van der Waals surface area contributed by atoms with Crippen LogP contribution in [-0.2, 0) is 6.54 Å². The zero-order valence-electron chi connectivity index (χ0n) is 16.2. The summed E-state index contributed by atoms with van der Waals surface area (Å²) in [6, 6.07) is 8.67. The molecule has 30 heavy (non-hydrogen) atoms. The molecule has 0 radical (unpaired) electrons. The Labute approximate surface area is 175 Å². The van der Waals surface area contributed by atoms with Gasteiger partial charge < -0.3 is 13.9 Å². The van der Waals surface area contributed by atoms with Gasteiger partial charge in [-0.2, -0.15) is 4.98 Å². The molecule has 9 heteroatoms. The summed E-state index contributed by atoms with van der Waals surface area (Å²) in [5.41, 5.74) is 4.57. The van der Waals surface area contributed by atoms with Crippen LogP contribution < -0.4 is 4.74 Å². The molecule has 0 aliphatic carbocycles. The van der Waals surface area contributed by atoms with Crippen LogP contribution in [0.15, 0.2) is 49.1 Å². The SMILES string of the molecule is COc1ncnc2ccn(-c3cnc4nc(C)n(Cc5ccc(Cl)c(F)c5)c4c3)c12. The minimum absolute atomic E-state index is 0.102. The number of benzene rings is 1. The molecule has 4 heterocycles. The topological polar surface area (TPSA) is 70.7 Å². The normalized spacial score (nSPS) is 11.5. The number of methoxy groups -OCH3 is 1. The molecule has 0 aliphatic rings. The molecular weight excluding hydrogens is 407 g/mol. The van der Waals surface area contributed by atoms with E-state index in [0.717, 1.165) is 33.6 Å². The van der Waals surface area contributed by atoms with E-state index in [1.165, 1.54) is 12.4 Å². The van der Waals surface area contributed by atoms with E-state index in [4.69, 9.17) is 16.3 Å². The van der Waals surface area contributed by atoms with Gasteiger partial charge in [0.2, 0.25) is 5.88 Å². The number of aryl methyl sites for hydroxylation is 1. The lowest BCUT2D eigenvalue weighted by molar-refractivity contribution is 0.401. The van der Waals surface area contributed by atoms with Crippen LogP contribution in [0.3, 0.4) is 0 Å². The van der Waals surface area contributed by atoms with Crippen LogP contribution in [0, 0.1) is 12.7 Å². The van der Waals surface area contributed by atoms with E-state index < -0.39 is 5.82 Å². The van der Waals surface area contributed by atoms with E-state index in [2.05, 4.69) is 19.9 Å². The summed E-state index contributed by atoms with van der Waals surface area (Å²) < 4.78 is 23.2. The molecule has 0 saturated carbocycles. The average Bonchev–Trinajstić information content (AvgIpc) is 3.31. The van der Waals surface area contributed by atoms with E-state index in [1.54, 1.807) is 25.4 Å². The van der Waals surface area contributed by atoms with Crippen molar-refractivity contribution in [3.05, 3.63) is 71.3 Å². The number of aromatic nitrogens is 6. The molecule has 7 nitrogen and oxygen atoms in total. The largest absolute Gasteiger partial charge is 0.479 e. The van der Waals surface area contributed by atoms with Crippen LogP contribution in [0.5, 0.6) is 5.88 Å². The number of nitrogens with zero attached hydrogens (tertiary/aromatic N) is 6. The van der Waals surface area contributed by atoms with Gasteiger partial charge in [0.05, 0.1) is 35.1 Å². The van der Waals surface area contributed by atoms with Crippen molar-refractivity contribution in [2.45, 2.75) is 13.5 Å². The Hall–Kier alpha value is -3.52. The summed E-state index contributed by atoms with van der Waals surface area (Å²) in [5.74, 6) is 0.815. The molecule has 0 bridgehead atoms. The van der Waals surface area contributed by atoms with Gasteiger partial charge in [0.1, 0.15) is 23.5 Å². The van der Waals surface area contributed by atoms with Crippen molar-refractivity contribution in [2.24, 2.45) is 0 Å². The molecule has 0 amide bonds. The van der Waals surface area contributed by atoms with E-state index >= 15 is 0 Å². The quantitative estimate of drug-likeness (QED) is 0.431. The third-order valence-corrected chi connectivity index (χ3v) is 5.32. The first-order chi connectivity index (χ1) is 14.5. The molecule has 5 rings (SSSR count). The Kier molecular flexibility index (Phi) is 4.36. The lowest BCUT2D eigenvalue weighted by Crippen LogP contribution is -2.03. The number of fused-ring (bicyclic) bond motifs is 2. The van der Waals surface area contributed by atoms with Gasteiger partial charge in [-0.05, 0) is 36.8 Å². The Balaban J connectivity index is 1.64. The number of rotatable bonds is 4. The molecule has 0 unspecified atom stereocenters. The van der Waals surface area contributed by atoms with Gasteiger partial charge in [-0.1, -0.05) is 17.7 Å². The molecule has 4 aromatic heterocycles. The number of halogens is 2. The predicted octanol–water partition coefficient (Wildman–Crippen LogP) is 4.32. The minimum atomic E-state index is -0.444. The van der Waals surface area contributed by atoms with Crippen molar-refractivity contribution in [1.29, 1.82) is 0 Å². The zero-order chi connectivity index (χ0) is 20.8. The molecule has 1 aromatic carbocycles. The third-order valence-electron chi connectivity index (χ3n) is 5.02. The molecule has 0 atom stereocenters. The third kappa shape index (κ3) is 2.96. The summed E-state index contributed by atoms with van der Waals surface area (Å²) in [4.78, 5) is 17.6. The lowest BCUT2D eigenvalue weighted by atomic mass is 10.2. The van der Waals surface area contributed by atoms with Crippen LogP contribution in [0.1, 0.15) is 11.4 Å². The number of ether oxygens (including phenoxy) is 1. The Morgan fingerprint density at radius 1 is 1.13 bits per heavy atom. The van der Waals surface area contributed by atoms with Crippen LogP contribution >= 0.6 is 11.6 Å². The average molecular weight is 423 g/mol. The first-order valence-corrected chi connectivity index (χ1v) is 9.56. The highest BCUT2D eigenvalue weighted by molar-refractivity contribution is 6.30. The van der Waals surface area contributed by atoms with Crippen molar-refractivity contribution in [3.8, 4) is 11.6 Å². The molecule has 0 aliphatic heterocycles. The monoisotopic (exact) mass is 422 g/mol. The Morgan fingerprint density at radius 2 is 2.00 bits per heavy atom. The second-order valence-electron chi connectivity index (χ2n) is 6.83. The fourth-order valence-corrected chi connectivity index (χ4v) is 3.69. The van der Waals surface area contributed by atoms with Crippen molar-refractivity contribution in [1.82, 2.24) is 29.1 Å². The number of pyridine rings is 1. The molecule has 150 valence electrons. The minimum Gasteiger partial charge on any atom is -0.479 e. The molecule has 0 saturated heterocycles. The standard InChI is InChI=1S/C21H16ClFN6O/c1-12-27-20-18(29(12)10-13-3-4-15(22)16(23)7-13)8-14(9-24-20)28-6-5-17-19(28)21(30-2)26-11-25-17/h3-9,11H,10H2,1-2H3. The van der Waals surface area contributed by atoms with Crippen LogP contribution in [-0.4, -0.2) is 36.2 Å². The summed E-state index contributed by atoms with van der Waals surface area (Å²) >= 11 is 5.81. The molecule has 0 fully saturated rings. The number of hydrogen-bond acceptors (Lipinski definition) is 5. The fraction of sp³-hybridized carbons (Fsp3) is 0.143. The maximum Gasteiger partial charge on any atom is 0.241 e. The van der Waals surface area contributed by atoms with Gasteiger partial charge in [-0.25, -0.2) is 19.3 Å². The first-order valence-electron chi connectivity index (χ1n) is 9.18. The van der Waals surface area contributed by atoms with Gasteiger partial charge in [-0.3, -0.25) is 0 Å². The maximum atomic E-state index is 13.9. The second kappa shape index (κ2) is 7.07. The highest BCUT2D eigenvalue weighted by atomic mass is 35.5. The molecule has 0 spiro atoms. The van der Waals surface area contributed by atoms with Crippen LogP contribution in [0.4, 0.5) is 4.39 Å². The summed E-state index contributed by atoms with van der Waals surface area (Å²) in [6.07, 6.45) is 5.11. The molecule has 5 aromatic rings. The van der Waals surface area contributed by atoms with E-state index in [-0.39, 0.29) is 5.02 Å². The van der Waals surface area contributed by atoms with Crippen molar-refractivity contribution < 1.29 is 9.13 Å². The van der Waals surface area contributed by atoms with Gasteiger partial charge in [-0.15, -0.1) is 0 Å². The van der Waals surface area contributed by atoms with Gasteiger partial charge >= 0.3 is 0 Å². The van der Waals surface area contributed by atoms with Crippen molar-refractivity contribution in [2.75, 3.05) is 7.11 Å². The first kappa shape index (κ1) is 18.5. The van der Waals surface area contributed by atoms with E-state index in [0.29, 0.717) is 18.1 Å². The van der Waals surface area contributed by atoms with Crippen LogP contribution in [0.25, 0.3) is 27.9 Å². The van der Waals surface area contributed by atoms with Gasteiger partial charge in [0.25, 0.3) is 0 Å². The van der Waals surface area contributed by atoms with E-state index in [1.807, 2.05) is 34.4 Å². The zero-order valence-corrected chi connectivity index (χ0v) is 16.9. The highest BCUT2D eigenvalue weighted by Crippen LogP contribution is 2.27. The summed E-state index contributed by atoms with van der Waals surface area (Å²) in [5, 5.41) is 0.102. The highest BCUT2D eigenvalue weighted by Gasteiger charge is 2.15. The van der Waals surface area contributed by atoms with Gasteiger partial charge in [0.15, 0.2) is 5.65 Å². The Morgan fingerprint density at radius 3 is 2.80 bits per heavy atom. The second-order valence-corrected chi connectivity index (χ2v) is 7.24. The lowest BCUT2D eigenvalue weighted by Gasteiger charge is -2.10. The fourth-order valence-electron chi connectivity index (χ4n) is 3.57. The summed E-state index contributed by atoms with van der Waals surface area (Å²) in [7, 11) is 1.57. The molecule has 0 N–H and O–H groups in total. The van der Waals surface area contributed by atoms with Gasteiger partial charge in [0, 0.05) is 12.7 Å². The summed E-state index contributed by atoms with van der Waals surface area (Å²) in [6.45, 7) is 2.34. The number of hydrogen-bond donors (Lipinski definition) is 0. The van der Waals surface area contributed by atoms with Crippen molar-refractivity contribution in [3.63, 3.8) is 0 Å². The molecular formula is C21H16ClFN6O. The maximum absolute atomic E-state index is 13.9.